The summed E-state index contributed by atoms with van der Waals surface area (Å²) in [4.78, 5) is 40.4. The van der Waals surface area contributed by atoms with E-state index in [1.54, 1.807) is 11.0 Å². The van der Waals surface area contributed by atoms with Gasteiger partial charge in [-0.25, -0.2) is 0 Å². The molecule has 2 saturated heterocycles. The topological polar surface area (TPSA) is 76.2 Å². The van der Waals surface area contributed by atoms with Gasteiger partial charge in [0.25, 0.3) is 11.1 Å². The predicted molar refractivity (Wildman–Crippen MR) is 125 cm³/mol. The molecule has 32 heavy (non-hydrogen) atoms. The summed E-state index contributed by atoms with van der Waals surface area (Å²) < 4.78 is 11.8. The number of benzene rings is 2. The SMILES string of the molecule is O=C(CN1C(=O)S/C(=C\c2ccc(OCc3ccccc3)c(Br)c2)C1=O)N1CCOCC1. The zero-order valence-corrected chi connectivity index (χ0v) is 19.6. The average Bonchev–Trinajstić information content (AvgIpc) is 3.07. The van der Waals surface area contributed by atoms with Gasteiger partial charge in [-0.2, -0.15) is 0 Å². The van der Waals surface area contributed by atoms with Gasteiger partial charge in [0.05, 0.1) is 22.6 Å². The monoisotopic (exact) mass is 516 g/mol. The molecule has 0 saturated carbocycles. The number of ether oxygens (including phenoxy) is 2. The third kappa shape index (κ3) is 5.40. The van der Waals surface area contributed by atoms with Crippen molar-refractivity contribution in [2.24, 2.45) is 0 Å². The molecule has 2 aliphatic rings. The Morgan fingerprint density at radius 2 is 1.88 bits per heavy atom. The quantitative estimate of drug-likeness (QED) is 0.541. The van der Waals surface area contributed by atoms with Gasteiger partial charge >= 0.3 is 0 Å². The number of nitrogens with zero attached hydrogens (tertiary/aromatic N) is 2. The zero-order valence-electron chi connectivity index (χ0n) is 17.2. The highest BCUT2D eigenvalue weighted by molar-refractivity contribution is 9.10. The number of amides is 3. The molecule has 2 heterocycles. The number of morpholine rings is 1. The van der Waals surface area contributed by atoms with E-state index in [1.807, 2.05) is 48.5 Å². The number of imide groups is 1. The molecule has 9 heteroatoms. The number of thioether (sulfide) groups is 1. The number of rotatable bonds is 6. The molecule has 4 rings (SSSR count). The summed E-state index contributed by atoms with van der Waals surface area (Å²) >= 11 is 4.34. The van der Waals surface area contributed by atoms with Crippen LogP contribution in [0.15, 0.2) is 57.9 Å². The van der Waals surface area contributed by atoms with Crippen LogP contribution in [0.2, 0.25) is 0 Å². The molecule has 2 aliphatic heterocycles. The second-order valence-electron chi connectivity index (χ2n) is 7.23. The fraction of sp³-hybridized carbons (Fsp3) is 0.261. The van der Waals surface area contributed by atoms with Crippen molar-refractivity contribution in [1.29, 1.82) is 0 Å². The van der Waals surface area contributed by atoms with Crippen LogP contribution in [0.3, 0.4) is 0 Å². The molecule has 0 bridgehead atoms. The van der Waals surface area contributed by atoms with Crippen molar-refractivity contribution in [2.45, 2.75) is 6.61 Å². The summed E-state index contributed by atoms with van der Waals surface area (Å²) in [5.41, 5.74) is 1.80. The maximum atomic E-state index is 12.7. The van der Waals surface area contributed by atoms with Crippen LogP contribution < -0.4 is 4.74 Å². The van der Waals surface area contributed by atoms with Gasteiger partial charge in [-0.3, -0.25) is 19.3 Å². The summed E-state index contributed by atoms with van der Waals surface area (Å²) in [5.74, 6) is -0.0307. The lowest BCUT2D eigenvalue weighted by Gasteiger charge is -2.28. The van der Waals surface area contributed by atoms with Gasteiger partial charge in [-0.1, -0.05) is 36.4 Å². The Balaban J connectivity index is 1.40. The van der Waals surface area contributed by atoms with E-state index in [1.165, 1.54) is 0 Å². The highest BCUT2D eigenvalue weighted by Gasteiger charge is 2.37. The van der Waals surface area contributed by atoms with Gasteiger partial charge in [-0.05, 0) is 57.0 Å². The molecule has 0 atom stereocenters. The third-order valence-corrected chi connectivity index (χ3v) is 6.55. The van der Waals surface area contributed by atoms with E-state index < -0.39 is 11.1 Å². The van der Waals surface area contributed by atoms with E-state index in [9.17, 15) is 14.4 Å². The Kier molecular flexibility index (Phi) is 7.29. The van der Waals surface area contributed by atoms with Crippen LogP contribution in [0, 0.1) is 0 Å². The van der Waals surface area contributed by atoms with E-state index >= 15 is 0 Å². The smallest absolute Gasteiger partial charge is 0.294 e. The summed E-state index contributed by atoms with van der Waals surface area (Å²) in [5, 5.41) is -0.440. The highest BCUT2D eigenvalue weighted by Crippen LogP contribution is 2.34. The van der Waals surface area contributed by atoms with Gasteiger partial charge in [0.1, 0.15) is 18.9 Å². The van der Waals surface area contributed by atoms with Crippen LogP contribution in [-0.2, 0) is 20.9 Å². The van der Waals surface area contributed by atoms with Crippen LogP contribution in [-0.4, -0.2) is 59.7 Å². The molecular weight excluding hydrogens is 496 g/mol. The molecule has 2 fully saturated rings. The summed E-state index contributed by atoms with van der Waals surface area (Å²) in [7, 11) is 0. The van der Waals surface area contributed by atoms with Crippen molar-refractivity contribution in [3.8, 4) is 5.75 Å². The summed E-state index contributed by atoms with van der Waals surface area (Å²) in [6.07, 6.45) is 1.65. The minimum Gasteiger partial charge on any atom is -0.488 e. The van der Waals surface area contributed by atoms with E-state index in [4.69, 9.17) is 9.47 Å². The first-order chi connectivity index (χ1) is 15.5. The van der Waals surface area contributed by atoms with Crippen LogP contribution in [0.25, 0.3) is 6.08 Å². The molecule has 0 spiro atoms. The lowest BCUT2D eigenvalue weighted by molar-refractivity contribution is -0.139. The molecule has 166 valence electrons. The van der Waals surface area contributed by atoms with Gasteiger partial charge in [0, 0.05) is 13.1 Å². The number of hydrogen-bond donors (Lipinski definition) is 0. The van der Waals surface area contributed by atoms with E-state index in [0.29, 0.717) is 38.7 Å². The molecule has 0 aliphatic carbocycles. The Bertz CT molecular complexity index is 1050. The fourth-order valence-electron chi connectivity index (χ4n) is 3.29. The van der Waals surface area contributed by atoms with E-state index in [0.717, 1.165) is 32.3 Å². The number of halogens is 1. The molecular formula is C23H21BrN2O5S. The first kappa shape index (κ1) is 22.6. The van der Waals surface area contributed by atoms with Gasteiger partial charge in [0.2, 0.25) is 5.91 Å². The van der Waals surface area contributed by atoms with Gasteiger partial charge in [0.15, 0.2) is 0 Å². The number of hydrogen-bond acceptors (Lipinski definition) is 6. The number of carbonyl (C=O) groups excluding carboxylic acids is 3. The van der Waals surface area contributed by atoms with Crippen molar-refractivity contribution >= 4 is 50.8 Å². The lowest BCUT2D eigenvalue weighted by Crippen LogP contribution is -2.46. The second kappa shape index (κ2) is 10.3. The molecule has 3 amide bonds. The minimum atomic E-state index is -0.456. The van der Waals surface area contributed by atoms with Crippen molar-refractivity contribution in [2.75, 3.05) is 32.8 Å². The van der Waals surface area contributed by atoms with E-state index in [2.05, 4.69) is 15.9 Å². The maximum absolute atomic E-state index is 12.7. The van der Waals surface area contributed by atoms with Gasteiger partial charge < -0.3 is 14.4 Å². The van der Waals surface area contributed by atoms with Crippen LogP contribution >= 0.6 is 27.7 Å². The summed E-state index contributed by atoms with van der Waals surface area (Å²) in [6, 6.07) is 15.3. The minimum absolute atomic E-state index is 0.250. The van der Waals surface area contributed by atoms with E-state index in [-0.39, 0.29) is 17.4 Å². The maximum Gasteiger partial charge on any atom is 0.294 e. The van der Waals surface area contributed by atoms with Crippen LogP contribution in [0.5, 0.6) is 5.75 Å². The Morgan fingerprint density at radius 1 is 1.12 bits per heavy atom. The second-order valence-corrected chi connectivity index (χ2v) is 9.07. The van der Waals surface area contributed by atoms with Crippen LogP contribution in [0.1, 0.15) is 11.1 Å². The highest BCUT2D eigenvalue weighted by atomic mass is 79.9. The molecule has 2 aromatic carbocycles. The first-order valence-corrected chi connectivity index (χ1v) is 11.7. The Labute approximate surface area is 198 Å². The lowest BCUT2D eigenvalue weighted by atomic mass is 10.2. The normalized spacial score (nSPS) is 17.8. The third-order valence-electron chi connectivity index (χ3n) is 5.02. The fourth-order valence-corrected chi connectivity index (χ4v) is 4.64. The molecule has 0 unspecified atom stereocenters. The number of carbonyl (C=O) groups is 3. The Morgan fingerprint density at radius 3 is 2.59 bits per heavy atom. The molecule has 0 N–H and O–H groups in total. The Hall–Kier alpha value is -2.62. The first-order valence-electron chi connectivity index (χ1n) is 10.1. The molecule has 7 nitrogen and oxygen atoms in total. The van der Waals surface area contributed by atoms with Crippen molar-refractivity contribution < 1.29 is 23.9 Å². The van der Waals surface area contributed by atoms with Crippen molar-refractivity contribution in [3.63, 3.8) is 0 Å². The standard InChI is InChI=1S/C23H21BrN2O5S/c24-18-12-17(6-7-19(18)31-15-16-4-2-1-3-5-16)13-20-22(28)26(23(29)32-20)14-21(27)25-8-10-30-11-9-25/h1-7,12-13H,8-11,14-15H2/b20-13-. The zero-order chi connectivity index (χ0) is 22.5. The largest absolute Gasteiger partial charge is 0.488 e. The van der Waals surface area contributed by atoms with Gasteiger partial charge in [-0.15, -0.1) is 0 Å². The molecule has 0 radical (unpaired) electrons. The average molecular weight is 517 g/mol. The van der Waals surface area contributed by atoms with Crippen molar-refractivity contribution in [1.82, 2.24) is 9.80 Å². The van der Waals surface area contributed by atoms with Crippen molar-refractivity contribution in [3.05, 3.63) is 69.0 Å². The molecule has 0 aromatic heterocycles. The molecule has 2 aromatic rings. The van der Waals surface area contributed by atoms with Crippen LogP contribution in [0.4, 0.5) is 4.79 Å². The summed E-state index contributed by atoms with van der Waals surface area (Å²) in [6.45, 7) is 2.06. The predicted octanol–water partition coefficient (Wildman–Crippen LogP) is 3.92.